The van der Waals surface area contributed by atoms with Gasteiger partial charge in [-0.15, -0.1) is 15.8 Å². The first-order chi connectivity index (χ1) is 14.8. The van der Waals surface area contributed by atoms with E-state index in [0.717, 1.165) is 22.6 Å². The molecule has 0 bridgehead atoms. The number of hydrogen-bond donors (Lipinski definition) is 0. The maximum Gasteiger partial charge on any atom is 0.485 e. The van der Waals surface area contributed by atoms with Crippen molar-refractivity contribution in [3.8, 4) is 0 Å². The van der Waals surface area contributed by atoms with Crippen molar-refractivity contribution < 1.29 is 45.6 Å². The molecule has 3 nitrogen and oxygen atoms in total. The molecule has 4 atom stereocenters. The Morgan fingerprint density at radius 1 is 0.727 bits per heavy atom. The van der Waals surface area contributed by atoms with Crippen LogP contribution in [0.25, 0.3) is 0 Å². The monoisotopic (exact) mass is 618 g/mol. The van der Waals surface area contributed by atoms with Gasteiger partial charge in [-0.3, -0.25) is 0 Å². The standard InChI is InChI=1S/C14H28P2.C8H12.CHF3O3S.Rh/c1-11-5-6-12(2)15(11)9-10-16-13(3)7-8-14(16)4;1-2-4-6-8-7-5-3-1;2-1(3,4)8(5,6)7;/h11-14H,5-10H2,1-4H3;1-2,7-8H,3-6H2;(H,5,6,7);/p-1/t11-,12-,13-,14-;;;/m1.../s1. The van der Waals surface area contributed by atoms with Crippen molar-refractivity contribution in [2.45, 2.75) is 107 Å². The van der Waals surface area contributed by atoms with Gasteiger partial charge in [0.2, 0.25) is 0 Å². The van der Waals surface area contributed by atoms with Gasteiger partial charge in [0, 0.05) is 19.5 Å². The summed E-state index contributed by atoms with van der Waals surface area (Å²) in [5.74, 6) is 0. The van der Waals surface area contributed by atoms with Crippen molar-refractivity contribution in [2.75, 3.05) is 12.3 Å². The summed E-state index contributed by atoms with van der Waals surface area (Å²) < 4.78 is 58.9. The summed E-state index contributed by atoms with van der Waals surface area (Å²) in [7, 11) is -5.30. The van der Waals surface area contributed by atoms with Crippen molar-refractivity contribution in [3.63, 3.8) is 0 Å². The predicted octanol–water partition coefficient (Wildman–Crippen LogP) is 7.81. The Bertz CT molecular complexity index is 632. The minimum atomic E-state index is -6.09. The Balaban J connectivity index is 0.000000512. The number of allylic oxidation sites excluding steroid dienone is 4. The third-order valence-corrected chi connectivity index (χ3v) is 14.5. The van der Waals surface area contributed by atoms with Gasteiger partial charge in [-0.25, -0.2) is 8.42 Å². The molecular formula is C23H40F3O3P2RhS-. The van der Waals surface area contributed by atoms with Crippen LogP contribution in [0.4, 0.5) is 13.2 Å². The number of rotatable bonds is 3. The third kappa shape index (κ3) is 13.0. The summed E-state index contributed by atoms with van der Waals surface area (Å²) in [6.45, 7) is 10.1. The molecule has 3 aliphatic rings. The van der Waals surface area contributed by atoms with Crippen LogP contribution >= 0.6 is 15.8 Å². The molecule has 2 saturated heterocycles. The Hall–Kier alpha value is 0.663. The third-order valence-electron chi connectivity index (χ3n) is 6.50. The zero-order valence-electron chi connectivity index (χ0n) is 20.2. The van der Waals surface area contributed by atoms with E-state index in [9.17, 15) is 13.2 Å². The van der Waals surface area contributed by atoms with Crippen molar-refractivity contribution in [3.05, 3.63) is 24.3 Å². The Kier molecular flexibility index (Phi) is 16.7. The van der Waals surface area contributed by atoms with Crippen molar-refractivity contribution in [1.29, 1.82) is 0 Å². The molecule has 33 heavy (non-hydrogen) atoms. The maximum atomic E-state index is 10.7. The molecule has 0 amide bonds. The summed E-state index contributed by atoms with van der Waals surface area (Å²) in [5.41, 5.74) is -1.34. The van der Waals surface area contributed by atoms with Gasteiger partial charge in [-0.1, -0.05) is 52.0 Å². The van der Waals surface area contributed by atoms with Gasteiger partial charge >= 0.3 is 5.51 Å². The molecule has 2 heterocycles. The second kappa shape index (κ2) is 16.4. The first-order valence-corrected chi connectivity index (χ1v) is 16.4. The zero-order chi connectivity index (χ0) is 24.4. The van der Waals surface area contributed by atoms with Crippen LogP contribution in [-0.2, 0) is 29.6 Å². The van der Waals surface area contributed by atoms with E-state index in [-0.39, 0.29) is 19.5 Å². The summed E-state index contributed by atoms with van der Waals surface area (Å²) in [4.78, 5) is 0. The second-order valence-corrected chi connectivity index (χ2v) is 16.9. The van der Waals surface area contributed by atoms with E-state index in [1.54, 1.807) is 12.3 Å². The van der Waals surface area contributed by atoms with Crippen LogP contribution in [0, 0.1) is 0 Å². The fourth-order valence-electron chi connectivity index (χ4n) is 4.47. The fraction of sp³-hybridized carbons (Fsp3) is 0.826. The molecule has 0 aromatic carbocycles. The molecule has 0 unspecified atom stereocenters. The number of hydrogen-bond acceptors (Lipinski definition) is 3. The molecule has 2 fully saturated rings. The van der Waals surface area contributed by atoms with E-state index in [1.807, 2.05) is 0 Å². The van der Waals surface area contributed by atoms with Gasteiger partial charge in [-0.2, -0.15) is 13.2 Å². The zero-order valence-corrected chi connectivity index (χ0v) is 24.4. The largest absolute Gasteiger partial charge is 0.741 e. The van der Waals surface area contributed by atoms with Gasteiger partial charge in [-0.05, 0) is 86.3 Å². The van der Waals surface area contributed by atoms with E-state index in [0.29, 0.717) is 15.8 Å². The van der Waals surface area contributed by atoms with E-state index < -0.39 is 15.6 Å². The topological polar surface area (TPSA) is 57.2 Å². The van der Waals surface area contributed by atoms with Gasteiger partial charge in [0.15, 0.2) is 10.1 Å². The van der Waals surface area contributed by atoms with Crippen LogP contribution in [0.15, 0.2) is 24.3 Å². The molecule has 2 aliphatic heterocycles. The Morgan fingerprint density at radius 2 is 0.939 bits per heavy atom. The molecule has 0 N–H and O–H groups in total. The van der Waals surface area contributed by atoms with Crippen LogP contribution in [0.2, 0.25) is 0 Å². The summed E-state index contributed by atoms with van der Waals surface area (Å²) >= 11 is 0. The van der Waals surface area contributed by atoms with E-state index in [1.165, 1.54) is 51.4 Å². The van der Waals surface area contributed by atoms with Crippen LogP contribution in [-0.4, -0.2) is 53.4 Å². The molecule has 1 aliphatic carbocycles. The van der Waals surface area contributed by atoms with Crippen molar-refractivity contribution in [1.82, 2.24) is 0 Å². The average Bonchev–Trinajstić information content (AvgIpc) is 3.14. The number of halogens is 3. The molecule has 10 heteroatoms. The number of alkyl halides is 3. The van der Waals surface area contributed by atoms with Gasteiger partial charge < -0.3 is 4.55 Å². The van der Waals surface area contributed by atoms with Crippen LogP contribution in [0.5, 0.6) is 0 Å². The Morgan fingerprint density at radius 3 is 1.12 bits per heavy atom. The van der Waals surface area contributed by atoms with Gasteiger partial charge in [0.1, 0.15) is 0 Å². The first-order valence-electron chi connectivity index (χ1n) is 11.7. The van der Waals surface area contributed by atoms with Crippen LogP contribution in [0.1, 0.15) is 79.1 Å². The van der Waals surface area contributed by atoms with E-state index in [2.05, 4.69) is 52.0 Å². The first kappa shape index (κ1) is 33.7. The van der Waals surface area contributed by atoms with E-state index in [4.69, 9.17) is 13.0 Å². The normalized spacial score (nSPS) is 28.6. The molecule has 3 rings (SSSR count). The molecule has 0 aromatic rings. The minimum Gasteiger partial charge on any atom is -0.741 e. The van der Waals surface area contributed by atoms with Crippen LogP contribution < -0.4 is 0 Å². The molecule has 0 saturated carbocycles. The molecule has 0 spiro atoms. The summed E-state index contributed by atoms with van der Waals surface area (Å²) in [6.07, 6.45) is 23.3. The smallest absolute Gasteiger partial charge is 0.485 e. The minimum absolute atomic E-state index is 0. The van der Waals surface area contributed by atoms with Crippen molar-refractivity contribution in [2.24, 2.45) is 0 Å². The SMILES string of the molecule is C1=CCCC=CCC1.C[C@@H]1CC[C@@H](C)P1CCP1[C@H](C)CC[C@H]1C.O=S(=O)([O-])C(F)(F)F.[Rh]. The second-order valence-electron chi connectivity index (χ2n) is 9.02. The Labute approximate surface area is 214 Å². The molecule has 197 valence electrons. The van der Waals surface area contributed by atoms with Crippen LogP contribution in [0.3, 0.4) is 0 Å². The predicted molar refractivity (Wildman–Crippen MR) is 132 cm³/mol. The molecule has 0 aromatic heterocycles. The average molecular weight is 618 g/mol. The quantitative estimate of drug-likeness (QED) is 0.107. The van der Waals surface area contributed by atoms with E-state index >= 15 is 0 Å². The molecular weight excluding hydrogens is 578 g/mol. The summed E-state index contributed by atoms with van der Waals surface area (Å²) in [5, 5.41) is 0. The van der Waals surface area contributed by atoms with Gasteiger partial charge in [0.05, 0.1) is 0 Å². The van der Waals surface area contributed by atoms with Gasteiger partial charge in [0.25, 0.3) is 0 Å². The molecule has 1 radical (unpaired) electrons. The fourth-order valence-corrected chi connectivity index (χ4v) is 11.7. The maximum absolute atomic E-state index is 10.7. The summed E-state index contributed by atoms with van der Waals surface area (Å²) in [6, 6.07) is 0. The van der Waals surface area contributed by atoms with Crippen molar-refractivity contribution >= 4 is 26.0 Å².